The first-order valence-corrected chi connectivity index (χ1v) is 16.8. The summed E-state index contributed by atoms with van der Waals surface area (Å²) in [7, 11) is 7.32. The zero-order valence-electron chi connectivity index (χ0n) is 27.9. The number of benzene rings is 2. The van der Waals surface area contributed by atoms with E-state index in [0.717, 1.165) is 23.0 Å². The number of carbonyl (C=O) groups excluding carboxylic acids is 2. The van der Waals surface area contributed by atoms with Crippen molar-refractivity contribution in [1.82, 2.24) is 0 Å². The van der Waals surface area contributed by atoms with E-state index in [2.05, 4.69) is 21.0 Å². The predicted molar refractivity (Wildman–Crippen MR) is 175 cm³/mol. The van der Waals surface area contributed by atoms with E-state index in [1.54, 1.807) is 24.3 Å². The van der Waals surface area contributed by atoms with Gasteiger partial charge in [0.15, 0.2) is 5.78 Å². The molecule has 0 bridgehead atoms. The van der Waals surface area contributed by atoms with E-state index in [0.29, 0.717) is 12.3 Å². The molecule has 0 amide bonds. The minimum absolute atomic E-state index is 0. The lowest BCUT2D eigenvalue weighted by Crippen LogP contribution is -3.00. The van der Waals surface area contributed by atoms with Crippen molar-refractivity contribution in [3.05, 3.63) is 52.1 Å². The predicted octanol–water partition coefficient (Wildman–Crippen LogP) is 6.03. The number of quaternary nitrogens is 1. The third-order valence-electron chi connectivity index (χ3n) is 8.88. The average Bonchev–Trinajstić information content (AvgIpc) is 2.98. The Kier molecular flexibility index (Phi) is 16.5. The number of hydrogen-bond donors (Lipinski definition) is 1. The Balaban J connectivity index is 0.00000675. The van der Waals surface area contributed by atoms with Crippen molar-refractivity contribution in [1.29, 1.82) is 0 Å². The van der Waals surface area contributed by atoms with E-state index in [4.69, 9.17) is 9.47 Å². The van der Waals surface area contributed by atoms with Crippen LogP contribution in [-0.2, 0) is 6.54 Å². The number of nitrogens with zero attached hydrogens (tertiary/aromatic N) is 1. The number of aromatic hydroxyl groups is 1. The first-order chi connectivity index (χ1) is 20.7. The molecular formula is C37H56BrNO5. The van der Waals surface area contributed by atoms with Crippen molar-refractivity contribution in [3.63, 3.8) is 0 Å². The maximum absolute atomic E-state index is 13.5. The van der Waals surface area contributed by atoms with Crippen molar-refractivity contribution in [2.75, 3.05) is 34.9 Å². The molecular weight excluding hydrogens is 618 g/mol. The van der Waals surface area contributed by atoms with Crippen LogP contribution in [-0.4, -0.2) is 56.0 Å². The number of hydrogen-bond acceptors (Lipinski definition) is 5. The number of fused-ring (bicyclic) bond motifs is 2. The molecule has 0 saturated carbocycles. The van der Waals surface area contributed by atoms with Crippen LogP contribution in [0.25, 0.3) is 0 Å². The van der Waals surface area contributed by atoms with Crippen LogP contribution in [0.15, 0.2) is 24.3 Å². The smallest absolute Gasteiger partial charge is 0.201 e. The normalized spacial score (nSPS) is 12.5. The van der Waals surface area contributed by atoms with Crippen LogP contribution in [0.5, 0.6) is 17.2 Å². The van der Waals surface area contributed by atoms with Gasteiger partial charge in [0.2, 0.25) is 5.78 Å². The highest BCUT2D eigenvalue weighted by Gasteiger charge is 2.36. The van der Waals surface area contributed by atoms with Gasteiger partial charge >= 0.3 is 0 Å². The van der Waals surface area contributed by atoms with Crippen molar-refractivity contribution >= 4 is 11.6 Å². The molecule has 0 atom stereocenters. The molecule has 246 valence electrons. The minimum atomic E-state index is -0.407. The third kappa shape index (κ3) is 10.9. The van der Waals surface area contributed by atoms with E-state index in [-0.39, 0.29) is 56.5 Å². The molecule has 44 heavy (non-hydrogen) atoms. The number of phenols is 1. The lowest BCUT2D eigenvalue weighted by molar-refractivity contribution is -0.903. The fraction of sp³-hybridized carbons (Fsp3) is 0.622. The van der Waals surface area contributed by atoms with Crippen molar-refractivity contribution < 1.29 is 45.6 Å². The fourth-order valence-electron chi connectivity index (χ4n) is 6.41. The Morgan fingerprint density at radius 1 is 0.636 bits per heavy atom. The molecule has 0 aliphatic heterocycles. The van der Waals surface area contributed by atoms with E-state index >= 15 is 0 Å². The summed E-state index contributed by atoms with van der Waals surface area (Å²) >= 11 is 0. The summed E-state index contributed by atoms with van der Waals surface area (Å²) in [5.41, 5.74) is 1.55. The van der Waals surface area contributed by atoms with Crippen LogP contribution in [0, 0.1) is 0 Å². The van der Waals surface area contributed by atoms with E-state index in [9.17, 15) is 14.7 Å². The van der Waals surface area contributed by atoms with Crippen LogP contribution >= 0.6 is 0 Å². The number of methoxy groups -OCH3 is 2. The van der Waals surface area contributed by atoms with Crippen molar-refractivity contribution in [3.8, 4) is 17.2 Å². The average molecular weight is 675 g/mol. The number of ketones is 2. The van der Waals surface area contributed by atoms with Gasteiger partial charge in [-0.3, -0.25) is 9.59 Å². The maximum atomic E-state index is 13.5. The molecule has 2 aromatic rings. The van der Waals surface area contributed by atoms with E-state index < -0.39 is 5.78 Å². The van der Waals surface area contributed by atoms with Crippen LogP contribution in [0.4, 0.5) is 0 Å². The number of rotatable bonds is 21. The fourth-order valence-corrected chi connectivity index (χ4v) is 6.41. The van der Waals surface area contributed by atoms with Gasteiger partial charge in [-0.15, -0.1) is 0 Å². The summed E-state index contributed by atoms with van der Waals surface area (Å²) in [6, 6.07) is 6.57. The Morgan fingerprint density at radius 2 is 1.14 bits per heavy atom. The second-order valence-corrected chi connectivity index (χ2v) is 13.1. The Labute approximate surface area is 276 Å². The van der Waals surface area contributed by atoms with Gasteiger partial charge in [0, 0.05) is 22.8 Å². The molecule has 7 heteroatoms. The van der Waals surface area contributed by atoms with Gasteiger partial charge in [0.05, 0.1) is 46.0 Å². The molecule has 2 aromatic carbocycles. The van der Waals surface area contributed by atoms with Crippen molar-refractivity contribution in [2.24, 2.45) is 0 Å². The van der Waals surface area contributed by atoms with E-state index in [1.165, 1.54) is 111 Å². The van der Waals surface area contributed by atoms with E-state index in [1.807, 2.05) is 0 Å². The number of ether oxygens (including phenoxy) is 2. The standard InChI is InChI=1S/C37H55NO5.BrH/c1-6-7-8-9-10-11-12-13-14-15-16-17-18-19-20-21-22-38(2,3)27-28-23-30-34(32(39)24-28)37(41)35-31(36(30)40)25-29(42-4)26-33(35)43-5;/h23-26H,6-22,27H2,1-5H3;1H. The Hall–Kier alpha value is -2.38. The van der Waals surface area contributed by atoms with Gasteiger partial charge in [0.25, 0.3) is 0 Å². The van der Waals surface area contributed by atoms with Gasteiger partial charge in [-0.2, -0.15) is 0 Å². The van der Waals surface area contributed by atoms with Gasteiger partial charge in [-0.1, -0.05) is 96.8 Å². The number of halogens is 1. The summed E-state index contributed by atoms with van der Waals surface area (Å²) in [5, 5.41) is 10.9. The third-order valence-corrected chi connectivity index (χ3v) is 8.88. The topological polar surface area (TPSA) is 72.8 Å². The quantitative estimate of drug-likeness (QED) is 0.111. The molecule has 1 N–H and O–H groups in total. The summed E-state index contributed by atoms with van der Waals surface area (Å²) < 4.78 is 11.5. The Morgan fingerprint density at radius 3 is 1.64 bits per heavy atom. The monoisotopic (exact) mass is 673 g/mol. The van der Waals surface area contributed by atoms with Gasteiger partial charge in [-0.25, -0.2) is 0 Å². The minimum Gasteiger partial charge on any atom is -1.00 e. The first kappa shape index (κ1) is 37.8. The highest BCUT2D eigenvalue weighted by Crippen LogP contribution is 2.40. The molecule has 0 unspecified atom stereocenters. The number of unbranched alkanes of at least 4 members (excludes halogenated alkanes) is 15. The molecule has 0 saturated heterocycles. The highest BCUT2D eigenvalue weighted by atomic mass is 79.9. The second-order valence-electron chi connectivity index (χ2n) is 13.1. The van der Waals surface area contributed by atoms with Gasteiger partial charge in [-0.05, 0) is 31.0 Å². The molecule has 1 aliphatic carbocycles. The molecule has 0 aromatic heterocycles. The highest BCUT2D eigenvalue weighted by molar-refractivity contribution is 6.30. The summed E-state index contributed by atoms with van der Waals surface area (Å²) in [5.74, 6) is -0.162. The molecule has 0 heterocycles. The van der Waals surface area contributed by atoms with Crippen LogP contribution in [0.2, 0.25) is 0 Å². The summed E-state index contributed by atoms with van der Waals surface area (Å²) in [6.07, 6.45) is 21.7. The summed E-state index contributed by atoms with van der Waals surface area (Å²) in [6.45, 7) is 3.95. The Bertz CT molecular complexity index is 1210. The molecule has 3 rings (SSSR count). The second kappa shape index (κ2) is 19.2. The lowest BCUT2D eigenvalue weighted by atomic mass is 9.82. The van der Waals surface area contributed by atoms with Gasteiger partial charge in [0.1, 0.15) is 23.8 Å². The number of carbonyl (C=O) groups is 2. The first-order valence-electron chi connectivity index (χ1n) is 16.8. The zero-order chi connectivity index (χ0) is 31.2. The molecule has 1 aliphatic rings. The molecule has 0 spiro atoms. The van der Waals surface area contributed by atoms with Crippen LogP contribution in [0.1, 0.15) is 147 Å². The van der Waals surface area contributed by atoms with Crippen LogP contribution < -0.4 is 26.5 Å². The SMILES string of the molecule is CCCCCCCCCCCCCCCCCC[N+](C)(C)Cc1cc(O)c2c(c1)C(=O)c1cc(OC)cc(OC)c1C2=O.[Br-]. The molecule has 0 radical (unpaired) electrons. The molecule has 0 fully saturated rings. The van der Waals surface area contributed by atoms with Gasteiger partial charge < -0.3 is 36.0 Å². The lowest BCUT2D eigenvalue weighted by Gasteiger charge is -2.30. The zero-order valence-corrected chi connectivity index (χ0v) is 29.5. The summed E-state index contributed by atoms with van der Waals surface area (Å²) in [4.78, 5) is 26.9. The number of phenolic OH excluding ortho intramolecular Hbond substituents is 1. The molecule has 6 nitrogen and oxygen atoms in total. The largest absolute Gasteiger partial charge is 1.00 e. The van der Waals surface area contributed by atoms with Crippen molar-refractivity contribution in [2.45, 2.75) is 116 Å². The van der Waals surface area contributed by atoms with Crippen LogP contribution in [0.3, 0.4) is 0 Å². The maximum Gasteiger partial charge on any atom is 0.201 e.